The van der Waals surface area contributed by atoms with Crippen molar-refractivity contribution < 1.29 is 48.0 Å². The number of anilines is 2. The van der Waals surface area contributed by atoms with E-state index in [1.807, 2.05) is 13.0 Å². The van der Waals surface area contributed by atoms with Crippen LogP contribution in [0.15, 0.2) is 57.5 Å². The fourth-order valence-corrected chi connectivity index (χ4v) is 10.8. The van der Waals surface area contributed by atoms with E-state index in [-0.39, 0.29) is 103 Å². The van der Waals surface area contributed by atoms with Gasteiger partial charge in [0.05, 0.1) is 23.3 Å². The van der Waals surface area contributed by atoms with Gasteiger partial charge in [-0.1, -0.05) is 66.2 Å². The van der Waals surface area contributed by atoms with Crippen LogP contribution in [-0.2, 0) is 23.8 Å². The van der Waals surface area contributed by atoms with E-state index < -0.39 is 46.8 Å². The molecule has 0 radical (unpaired) electrons. The smallest absolute Gasteiger partial charge is 0.315 e. The Labute approximate surface area is 398 Å². The number of hydrogen-bond acceptors (Lipinski definition) is 14. The number of ketones is 1. The summed E-state index contributed by atoms with van der Waals surface area (Å²) in [6, 6.07) is 3.77. The lowest BCUT2D eigenvalue weighted by Crippen LogP contribution is -2.41. The van der Waals surface area contributed by atoms with E-state index in [1.165, 1.54) is 20.1 Å². The van der Waals surface area contributed by atoms with Crippen LogP contribution in [0.4, 0.5) is 11.4 Å². The quantitative estimate of drug-likeness (QED) is 0.0942. The second-order valence-corrected chi connectivity index (χ2v) is 19.4. The Morgan fingerprint density at radius 1 is 1.01 bits per heavy atom. The molecule has 1 fully saturated rings. The first-order valence-corrected chi connectivity index (χ1v) is 24.0. The Kier molecular flexibility index (Phi) is 14.7. The van der Waals surface area contributed by atoms with Gasteiger partial charge in [-0.2, -0.15) is 0 Å². The first kappa shape index (κ1) is 50.0. The van der Waals surface area contributed by atoms with Crippen LogP contribution in [-0.4, -0.2) is 96.1 Å². The number of methoxy groups -OCH3 is 1. The summed E-state index contributed by atoms with van der Waals surface area (Å²) in [4.78, 5) is 66.0. The number of Topliss-reactive ketones (excluding diaryl/α,β-unsaturated/α-hetero) is 1. The summed E-state index contributed by atoms with van der Waals surface area (Å²) < 4.78 is 31.3. The summed E-state index contributed by atoms with van der Waals surface area (Å²) in [5.74, 6) is -4.38. The molecule has 4 heterocycles. The largest absolute Gasteiger partial charge is 0.507 e. The van der Waals surface area contributed by atoms with Crippen LogP contribution >= 0.6 is 0 Å². The highest BCUT2D eigenvalue weighted by Crippen LogP contribution is 2.52. The zero-order valence-electron chi connectivity index (χ0n) is 41.5. The maximum atomic E-state index is 15.1. The van der Waals surface area contributed by atoms with Crippen LogP contribution in [0.3, 0.4) is 0 Å². The molecule has 7 rings (SSSR count). The first-order chi connectivity index (χ1) is 32.3. The molecule has 1 amide bonds. The number of carbonyl (C=O) groups is 3. The zero-order chi connectivity index (χ0) is 49.5. The van der Waals surface area contributed by atoms with Crippen LogP contribution in [0.1, 0.15) is 103 Å². The standard InChI is InChI=1S/C53H68N4O11/c1-13-36-27(3)16-15-17-28(4)52(63)55-45-47(61)41-40(44-50(45)67-39-26-35(25-37(59)43(39)54-44)57-21-18-34(19-22-57)56(10)11)42-49(32(8)46(41)60)68-53(14-2,51(42)62)65-23-20-38(64-12)31(7)48(66-33(9)58)30(6)24-29(36)5/h15-17,20,23,25-27,29-31,34,36,38,48,59-60H,13-14,18-19,21-22,24H2,1-12H3,(H,55,63)/b16-15+,23-20+,28-17-/t27-,29-,30+,31+,36-,38-,48-,53-/m0/s1. The number of benzene rings is 3. The maximum Gasteiger partial charge on any atom is 0.315 e. The average Bonchev–Trinajstić information content (AvgIpc) is 3.60. The van der Waals surface area contributed by atoms with Crippen LogP contribution in [0.25, 0.3) is 33.3 Å². The predicted octanol–water partition coefficient (Wildman–Crippen LogP) is 9.27. The van der Waals surface area contributed by atoms with Crippen molar-refractivity contribution in [2.24, 2.45) is 29.6 Å². The number of phenols is 2. The number of ether oxygens (including phenoxy) is 4. The van der Waals surface area contributed by atoms with E-state index in [9.17, 15) is 24.6 Å². The minimum Gasteiger partial charge on any atom is -0.507 e. The van der Waals surface area contributed by atoms with Gasteiger partial charge < -0.3 is 48.7 Å². The number of nitrogens with zero attached hydrogens (tertiary/aromatic N) is 3. The fraction of sp³-hybridized carbons (Fsp3) is 0.528. The van der Waals surface area contributed by atoms with Crippen molar-refractivity contribution in [3.05, 3.63) is 69.6 Å². The molecular formula is C53H68N4O11. The molecule has 5 aliphatic rings. The Morgan fingerprint density at radius 3 is 2.35 bits per heavy atom. The number of carbonyl (C=O) groups excluding carboxylic acids is 3. The topological polar surface area (TPSA) is 190 Å². The summed E-state index contributed by atoms with van der Waals surface area (Å²) >= 11 is 0. The Hall–Kier alpha value is -5.93. The number of aromatic nitrogens is 1. The van der Waals surface area contributed by atoms with Gasteiger partial charge in [0.15, 0.2) is 11.3 Å². The van der Waals surface area contributed by atoms with Gasteiger partial charge in [-0.3, -0.25) is 19.2 Å². The molecule has 1 saturated heterocycles. The number of allylic oxidation sites excluding steroid dienone is 3. The molecule has 15 nitrogen and oxygen atoms in total. The molecule has 68 heavy (non-hydrogen) atoms. The van der Waals surface area contributed by atoms with E-state index in [2.05, 4.69) is 63.0 Å². The number of amides is 1. The van der Waals surface area contributed by atoms with Crippen LogP contribution < -0.4 is 20.4 Å². The van der Waals surface area contributed by atoms with Crippen molar-refractivity contribution in [1.82, 2.24) is 9.88 Å². The number of fused-ring (bicyclic) bond motifs is 2. The third kappa shape index (κ3) is 9.18. The molecule has 0 spiro atoms. The van der Waals surface area contributed by atoms with E-state index >= 15 is 4.79 Å². The highest BCUT2D eigenvalue weighted by molar-refractivity contribution is 6.22. The van der Waals surface area contributed by atoms with Gasteiger partial charge in [-0.25, -0.2) is 4.98 Å². The number of rotatable bonds is 6. The third-order valence-electron chi connectivity index (χ3n) is 14.8. The van der Waals surface area contributed by atoms with Crippen molar-refractivity contribution in [3.63, 3.8) is 0 Å². The molecule has 4 bridgehead atoms. The Bertz CT molecular complexity index is 2710. The molecule has 2 aromatic rings. The van der Waals surface area contributed by atoms with Crippen LogP contribution in [0.5, 0.6) is 17.2 Å². The van der Waals surface area contributed by atoms with Gasteiger partial charge in [0.25, 0.3) is 11.7 Å². The minimum absolute atomic E-state index is 0.00574. The second-order valence-electron chi connectivity index (χ2n) is 19.4. The lowest BCUT2D eigenvalue weighted by molar-refractivity contribution is -0.155. The lowest BCUT2D eigenvalue weighted by atomic mass is 9.75. The molecule has 3 N–H and O–H groups in total. The van der Waals surface area contributed by atoms with Gasteiger partial charge in [-0.05, 0) is 77.0 Å². The molecule has 366 valence electrons. The summed E-state index contributed by atoms with van der Waals surface area (Å²) in [5.41, 5.74) is -0.0600. The SMILES string of the molecule is CC[C@H]1[C@@H](C)/C=C/C=C(/C)C(=O)Nc2c3oc4cc(N5CCC(N(C)C)CC5)cc(O)c4nc-3c3c4c(c(C)c(O)c3c2=O)O[C@](CC)(O/C=C/[C@H](OC)[C@@H](C)[C@@H](OC(C)=O)[C@H](C)C[C@@H]1C)C4=O. The molecule has 0 aromatic heterocycles. The predicted molar refractivity (Wildman–Crippen MR) is 263 cm³/mol. The second kappa shape index (κ2) is 20.0. The van der Waals surface area contributed by atoms with Crippen LogP contribution in [0, 0.1) is 36.5 Å². The van der Waals surface area contributed by atoms with Crippen molar-refractivity contribution in [2.75, 3.05) is 44.5 Å². The maximum absolute atomic E-state index is 15.1. The summed E-state index contributed by atoms with van der Waals surface area (Å²) in [6.07, 6.45) is 10.9. The molecule has 0 saturated carbocycles. The number of piperidine rings is 1. The number of hydrogen-bond donors (Lipinski definition) is 3. The fourth-order valence-electron chi connectivity index (χ4n) is 10.8. The highest BCUT2D eigenvalue weighted by atomic mass is 16.7. The molecule has 0 unspecified atom stereocenters. The highest BCUT2D eigenvalue weighted by Gasteiger charge is 2.52. The molecule has 2 aromatic carbocycles. The van der Waals surface area contributed by atoms with Gasteiger partial charge in [-0.15, -0.1) is 0 Å². The number of nitrogens with one attached hydrogen (secondary N) is 1. The van der Waals surface area contributed by atoms with Gasteiger partial charge in [0, 0.05) is 79.8 Å². The summed E-state index contributed by atoms with van der Waals surface area (Å²) in [6.45, 7) is 18.2. The molecule has 15 heteroatoms. The number of esters is 1. The number of aromatic hydroxyl groups is 2. The van der Waals surface area contributed by atoms with E-state index in [0.29, 0.717) is 11.7 Å². The monoisotopic (exact) mass is 936 g/mol. The van der Waals surface area contributed by atoms with Crippen molar-refractivity contribution in [2.45, 2.75) is 118 Å². The Balaban J connectivity index is 1.45. The van der Waals surface area contributed by atoms with E-state index in [0.717, 1.165) is 38.8 Å². The molecular weight excluding hydrogens is 869 g/mol. The van der Waals surface area contributed by atoms with Crippen molar-refractivity contribution in [1.29, 1.82) is 0 Å². The van der Waals surface area contributed by atoms with Crippen molar-refractivity contribution in [3.8, 4) is 28.7 Å². The Morgan fingerprint density at radius 2 is 1.72 bits per heavy atom. The average molecular weight is 937 g/mol. The van der Waals surface area contributed by atoms with Gasteiger partial charge >= 0.3 is 11.8 Å². The molecule has 8 atom stereocenters. The number of phenolic OH excluding ortho intramolecular Hbond substituents is 2. The molecule has 4 aliphatic heterocycles. The lowest BCUT2D eigenvalue weighted by Gasteiger charge is -2.36. The first-order valence-electron chi connectivity index (χ1n) is 24.0. The van der Waals surface area contributed by atoms with Gasteiger partial charge in [0.1, 0.15) is 40.3 Å². The van der Waals surface area contributed by atoms with Crippen molar-refractivity contribution >= 4 is 50.9 Å². The van der Waals surface area contributed by atoms with Crippen LogP contribution in [0.2, 0.25) is 0 Å². The van der Waals surface area contributed by atoms with E-state index in [4.69, 9.17) is 28.3 Å². The summed E-state index contributed by atoms with van der Waals surface area (Å²) in [5, 5.41) is 26.0. The van der Waals surface area contributed by atoms with E-state index in [1.54, 1.807) is 45.2 Å². The summed E-state index contributed by atoms with van der Waals surface area (Å²) in [7, 11) is 5.67. The zero-order valence-corrected chi connectivity index (χ0v) is 41.5. The third-order valence-corrected chi connectivity index (χ3v) is 14.8. The normalized spacial score (nSPS) is 28.4. The minimum atomic E-state index is -1.97. The molecule has 1 aliphatic carbocycles. The van der Waals surface area contributed by atoms with Gasteiger partial charge in [0.2, 0.25) is 5.43 Å².